The van der Waals surface area contributed by atoms with Crippen LogP contribution in [0.25, 0.3) is 16.0 Å². The van der Waals surface area contributed by atoms with Gasteiger partial charge in [-0.1, -0.05) is 23.7 Å². The Morgan fingerprint density at radius 3 is 2.62 bits per heavy atom. The molecule has 2 aromatic carbocycles. The van der Waals surface area contributed by atoms with Crippen molar-refractivity contribution in [1.82, 2.24) is 14.5 Å². The first kappa shape index (κ1) is 28.1. The van der Waals surface area contributed by atoms with Gasteiger partial charge in [0.1, 0.15) is 45.7 Å². The van der Waals surface area contributed by atoms with Gasteiger partial charge >= 0.3 is 6.36 Å². The maximum atomic E-state index is 12.8. The van der Waals surface area contributed by atoms with Gasteiger partial charge in [-0.05, 0) is 45.0 Å². The number of thiophene rings is 1. The summed E-state index contributed by atoms with van der Waals surface area (Å²) in [6, 6.07) is 10.9. The highest BCUT2D eigenvalue weighted by Crippen LogP contribution is 2.39. The first-order chi connectivity index (χ1) is 19.0. The number of primary amides is 1. The van der Waals surface area contributed by atoms with Gasteiger partial charge < -0.3 is 24.8 Å². The minimum Gasteiger partial charge on any atom is -0.489 e. The molecular formula is C27H26ClF3N4O4S. The molecule has 212 valence electrons. The van der Waals surface area contributed by atoms with Crippen molar-refractivity contribution in [3.63, 3.8) is 0 Å². The number of likely N-dealkylation sites (tertiary alicyclic amines) is 1. The van der Waals surface area contributed by atoms with Crippen LogP contribution in [0.2, 0.25) is 5.02 Å². The number of hydrogen-bond acceptors (Lipinski definition) is 7. The first-order valence-corrected chi connectivity index (χ1v) is 13.6. The molecule has 1 aliphatic heterocycles. The van der Waals surface area contributed by atoms with E-state index in [9.17, 15) is 18.0 Å². The number of amides is 1. The van der Waals surface area contributed by atoms with E-state index in [1.807, 2.05) is 18.2 Å². The fourth-order valence-corrected chi connectivity index (χ4v) is 5.82. The fourth-order valence-electron chi connectivity index (χ4n) is 4.57. The van der Waals surface area contributed by atoms with Gasteiger partial charge in [-0.15, -0.1) is 24.5 Å². The first-order valence-electron chi connectivity index (χ1n) is 12.5. The Hall–Kier alpha value is -3.48. The number of piperidine rings is 1. The minimum atomic E-state index is -4.84. The number of fused-ring (bicyclic) bond motifs is 1. The maximum Gasteiger partial charge on any atom is 0.573 e. The van der Waals surface area contributed by atoms with Crippen LogP contribution < -0.4 is 19.9 Å². The second-order valence-corrected chi connectivity index (χ2v) is 10.9. The van der Waals surface area contributed by atoms with E-state index in [-0.39, 0.29) is 16.7 Å². The Balaban J connectivity index is 1.41. The summed E-state index contributed by atoms with van der Waals surface area (Å²) in [5.41, 5.74) is 7.09. The largest absolute Gasteiger partial charge is 0.573 e. The molecule has 0 aliphatic carbocycles. The van der Waals surface area contributed by atoms with Crippen molar-refractivity contribution in [2.24, 2.45) is 5.73 Å². The number of rotatable bonds is 8. The van der Waals surface area contributed by atoms with Gasteiger partial charge in [0.05, 0.1) is 16.1 Å². The van der Waals surface area contributed by atoms with Crippen molar-refractivity contribution in [1.29, 1.82) is 0 Å². The molecule has 1 aliphatic rings. The zero-order valence-corrected chi connectivity index (χ0v) is 23.1. The van der Waals surface area contributed by atoms with Gasteiger partial charge in [0.2, 0.25) is 0 Å². The van der Waals surface area contributed by atoms with Crippen molar-refractivity contribution < 1.29 is 32.2 Å². The molecule has 0 bridgehead atoms. The normalized spacial score (nSPS) is 15.8. The number of nitrogens with zero attached hydrogens (tertiary/aromatic N) is 3. The van der Waals surface area contributed by atoms with Crippen LogP contribution in [0.4, 0.5) is 13.2 Å². The molecule has 0 unspecified atom stereocenters. The molecular weight excluding hydrogens is 569 g/mol. The average Bonchev–Trinajstić information content (AvgIpc) is 3.49. The molecule has 40 heavy (non-hydrogen) atoms. The summed E-state index contributed by atoms with van der Waals surface area (Å²) < 4.78 is 56.2. The van der Waals surface area contributed by atoms with Gasteiger partial charge in [0.25, 0.3) is 5.91 Å². The van der Waals surface area contributed by atoms with E-state index in [4.69, 9.17) is 26.8 Å². The highest BCUT2D eigenvalue weighted by Gasteiger charge is 2.31. The second-order valence-electron chi connectivity index (χ2n) is 9.50. The number of carbonyl (C=O) groups is 1. The lowest BCUT2D eigenvalue weighted by atomic mass is 10.1. The van der Waals surface area contributed by atoms with Gasteiger partial charge in [0.15, 0.2) is 0 Å². The number of halogens is 4. The third-order valence-corrected chi connectivity index (χ3v) is 8.13. The van der Waals surface area contributed by atoms with Crippen molar-refractivity contribution in [2.45, 2.75) is 38.3 Å². The second kappa shape index (κ2) is 11.2. The molecule has 2 aromatic heterocycles. The number of benzene rings is 2. The summed E-state index contributed by atoms with van der Waals surface area (Å²) in [7, 11) is 2.08. The molecule has 1 saturated heterocycles. The predicted molar refractivity (Wildman–Crippen MR) is 146 cm³/mol. The number of aromatic nitrogens is 2. The van der Waals surface area contributed by atoms with Gasteiger partial charge in [-0.3, -0.25) is 9.36 Å². The highest BCUT2D eigenvalue weighted by atomic mass is 35.5. The summed E-state index contributed by atoms with van der Waals surface area (Å²) in [6.45, 7) is 3.68. The number of hydrogen-bond donors (Lipinski definition) is 1. The Morgan fingerprint density at radius 1 is 1.18 bits per heavy atom. The fraction of sp³-hybridized carbons (Fsp3) is 0.333. The van der Waals surface area contributed by atoms with Gasteiger partial charge in [0, 0.05) is 30.8 Å². The molecule has 3 heterocycles. The minimum absolute atomic E-state index is 0.0631. The van der Waals surface area contributed by atoms with Crippen LogP contribution in [-0.2, 0) is 0 Å². The third-order valence-electron chi connectivity index (χ3n) is 6.59. The van der Waals surface area contributed by atoms with Crippen molar-refractivity contribution in [3.8, 4) is 22.2 Å². The lowest BCUT2D eigenvalue weighted by Gasteiger charge is -2.30. The Bertz CT molecular complexity index is 1530. The molecule has 5 rings (SSSR count). The zero-order chi connectivity index (χ0) is 28.6. The van der Waals surface area contributed by atoms with E-state index in [0.29, 0.717) is 32.4 Å². The van der Waals surface area contributed by atoms with Gasteiger partial charge in [-0.2, -0.15) is 0 Å². The molecule has 0 saturated carbocycles. The third kappa shape index (κ3) is 6.13. The molecule has 2 N–H and O–H groups in total. The monoisotopic (exact) mass is 594 g/mol. The average molecular weight is 595 g/mol. The van der Waals surface area contributed by atoms with Crippen LogP contribution in [0, 0.1) is 0 Å². The maximum absolute atomic E-state index is 12.8. The smallest absolute Gasteiger partial charge is 0.489 e. The predicted octanol–water partition coefficient (Wildman–Crippen LogP) is 6.35. The summed E-state index contributed by atoms with van der Waals surface area (Å²) in [5, 5.41) is 0.885. The topological polar surface area (TPSA) is 91.8 Å². The van der Waals surface area contributed by atoms with Crippen LogP contribution in [-0.4, -0.2) is 53.0 Å². The highest BCUT2D eigenvalue weighted by molar-refractivity contribution is 7.16. The van der Waals surface area contributed by atoms with E-state index in [2.05, 4.69) is 21.7 Å². The number of alkyl halides is 3. The summed E-state index contributed by atoms with van der Waals surface area (Å²) in [6.07, 6.45) is -2.12. The molecule has 1 amide bonds. The van der Waals surface area contributed by atoms with Crippen LogP contribution in [0.3, 0.4) is 0 Å². The summed E-state index contributed by atoms with van der Waals surface area (Å²) in [5.74, 6) is -0.334. The quantitative estimate of drug-likeness (QED) is 0.256. The van der Waals surface area contributed by atoms with Crippen molar-refractivity contribution in [2.75, 3.05) is 20.1 Å². The molecule has 8 nitrogen and oxygen atoms in total. The summed E-state index contributed by atoms with van der Waals surface area (Å²) >= 11 is 7.75. The standard InChI is InChI=1S/C27H26ClF3N4O4S/c1-15(18-4-3-5-21(24(18)28)38-16-8-10-34(2)11-9-16)37-22-13-23(40-25(22)26(32)36)35-14-33-19-7-6-17(12-20(19)35)39-27(29,30)31/h3-7,12-16H,8-11H2,1-2H3,(H2,32,36)/t15-/m1/s1. The molecule has 0 radical (unpaired) electrons. The number of ether oxygens (including phenoxy) is 3. The number of imidazole rings is 1. The Kier molecular flexibility index (Phi) is 7.85. The zero-order valence-electron chi connectivity index (χ0n) is 21.6. The lowest BCUT2D eigenvalue weighted by Crippen LogP contribution is -2.35. The molecule has 1 fully saturated rings. The Morgan fingerprint density at radius 2 is 1.93 bits per heavy atom. The Labute approximate surface area is 237 Å². The molecule has 1 atom stereocenters. The molecule has 13 heteroatoms. The van der Waals surface area contributed by atoms with Crippen LogP contribution in [0.15, 0.2) is 48.8 Å². The van der Waals surface area contributed by atoms with E-state index in [1.54, 1.807) is 13.0 Å². The van der Waals surface area contributed by atoms with E-state index in [1.165, 1.54) is 29.1 Å². The van der Waals surface area contributed by atoms with Gasteiger partial charge in [-0.25, -0.2) is 4.98 Å². The number of carbonyl (C=O) groups excluding carboxylic acids is 1. The van der Waals surface area contributed by atoms with E-state index in [0.717, 1.165) is 37.3 Å². The van der Waals surface area contributed by atoms with E-state index >= 15 is 0 Å². The SMILES string of the molecule is C[C@@H](Oc1cc(-n2cnc3ccc(OC(F)(F)F)cc32)sc1C(N)=O)c1cccc(OC2CCN(C)CC2)c1Cl. The summed E-state index contributed by atoms with van der Waals surface area (Å²) in [4.78, 5) is 18.9. The van der Waals surface area contributed by atoms with Crippen LogP contribution in [0.1, 0.15) is 41.1 Å². The van der Waals surface area contributed by atoms with Crippen molar-refractivity contribution >= 4 is 39.9 Å². The van der Waals surface area contributed by atoms with Crippen LogP contribution >= 0.6 is 22.9 Å². The molecule has 4 aromatic rings. The lowest BCUT2D eigenvalue weighted by molar-refractivity contribution is -0.274. The van der Waals surface area contributed by atoms with E-state index < -0.39 is 24.1 Å². The molecule has 0 spiro atoms. The van der Waals surface area contributed by atoms with Crippen molar-refractivity contribution in [3.05, 3.63) is 64.3 Å². The number of nitrogens with two attached hydrogens (primary N) is 1. The van der Waals surface area contributed by atoms with Crippen LogP contribution in [0.5, 0.6) is 17.2 Å².